The first kappa shape index (κ1) is 14.6. The highest BCUT2D eigenvalue weighted by Gasteiger charge is 2.12. The molecule has 1 amide bonds. The van der Waals surface area contributed by atoms with Gasteiger partial charge in [-0.2, -0.15) is 0 Å². The third-order valence-electron chi connectivity index (χ3n) is 1.98. The summed E-state index contributed by atoms with van der Waals surface area (Å²) >= 11 is 3.08. The van der Waals surface area contributed by atoms with Crippen molar-refractivity contribution in [1.82, 2.24) is 0 Å². The first-order valence-electron chi connectivity index (χ1n) is 5.25. The number of hydrogen-bond donors (Lipinski definition) is 1. The number of nitrogens with one attached hydrogen (secondary N) is 1. The quantitative estimate of drug-likeness (QED) is 0.669. The van der Waals surface area contributed by atoms with Crippen LogP contribution in [0.1, 0.15) is 13.8 Å². The second-order valence-electron chi connectivity index (χ2n) is 3.83. The lowest BCUT2D eigenvalue weighted by molar-refractivity contribution is -0.385. The monoisotopic (exact) mass is 316 g/mol. The van der Waals surface area contributed by atoms with E-state index in [9.17, 15) is 14.9 Å². The molecule has 18 heavy (non-hydrogen) atoms. The number of nitrogens with zero attached hydrogens (tertiary/aromatic N) is 1. The lowest BCUT2D eigenvalue weighted by atomic mass is 10.3. The fourth-order valence-electron chi connectivity index (χ4n) is 1.17. The Morgan fingerprint density at radius 3 is 2.72 bits per heavy atom. The fourth-order valence-corrected chi connectivity index (χ4v) is 1.70. The van der Waals surface area contributed by atoms with E-state index in [1.165, 1.54) is 18.2 Å². The maximum atomic E-state index is 11.5. The van der Waals surface area contributed by atoms with Crippen molar-refractivity contribution in [3.8, 4) is 0 Å². The van der Waals surface area contributed by atoms with Gasteiger partial charge in [0.05, 0.1) is 15.5 Å². The number of rotatable bonds is 5. The number of hydrogen-bond acceptors (Lipinski definition) is 4. The van der Waals surface area contributed by atoms with Crippen LogP contribution in [0.25, 0.3) is 0 Å². The molecule has 0 aliphatic heterocycles. The molecule has 0 unspecified atom stereocenters. The number of carbonyl (C=O) groups is 1. The third kappa shape index (κ3) is 4.42. The molecule has 0 spiro atoms. The molecule has 0 radical (unpaired) electrons. The van der Waals surface area contributed by atoms with Crippen LogP contribution in [0.2, 0.25) is 0 Å². The summed E-state index contributed by atoms with van der Waals surface area (Å²) in [4.78, 5) is 21.6. The summed E-state index contributed by atoms with van der Waals surface area (Å²) in [6.45, 7) is 3.61. The van der Waals surface area contributed by atoms with E-state index in [1.807, 2.05) is 13.8 Å². The van der Waals surface area contributed by atoms with Gasteiger partial charge in [-0.3, -0.25) is 14.9 Å². The van der Waals surface area contributed by atoms with Crippen molar-refractivity contribution in [1.29, 1.82) is 0 Å². The number of benzene rings is 1. The van der Waals surface area contributed by atoms with Gasteiger partial charge in [0.15, 0.2) is 0 Å². The number of nitro benzene ring substituents is 1. The van der Waals surface area contributed by atoms with Gasteiger partial charge < -0.3 is 10.1 Å². The topological polar surface area (TPSA) is 81.5 Å². The molecule has 1 aromatic rings. The Hall–Kier alpha value is -1.47. The smallest absolute Gasteiger partial charge is 0.283 e. The summed E-state index contributed by atoms with van der Waals surface area (Å²) in [6.07, 6.45) is -0.0284. The van der Waals surface area contributed by atoms with Gasteiger partial charge in [0.1, 0.15) is 6.61 Å². The summed E-state index contributed by atoms with van der Waals surface area (Å²) in [6, 6.07) is 4.27. The SMILES string of the molecule is CC(C)OCC(=O)Nc1ccc([N+](=O)[O-])c(Br)c1. The van der Waals surface area contributed by atoms with E-state index < -0.39 is 4.92 Å². The zero-order chi connectivity index (χ0) is 13.7. The van der Waals surface area contributed by atoms with Crippen LogP contribution in [0.4, 0.5) is 11.4 Å². The number of anilines is 1. The zero-order valence-electron chi connectivity index (χ0n) is 9.97. The number of amides is 1. The van der Waals surface area contributed by atoms with Gasteiger partial charge in [-0.15, -0.1) is 0 Å². The van der Waals surface area contributed by atoms with Crippen LogP contribution in [0.15, 0.2) is 22.7 Å². The van der Waals surface area contributed by atoms with Crippen molar-refractivity contribution >= 4 is 33.2 Å². The number of halogens is 1. The molecular formula is C11H13BrN2O4. The molecule has 0 aliphatic rings. The Kier molecular flexibility index (Phi) is 5.24. The minimum absolute atomic E-state index is 0.0284. The molecule has 0 saturated heterocycles. The first-order valence-corrected chi connectivity index (χ1v) is 6.05. The molecule has 7 heteroatoms. The molecule has 98 valence electrons. The molecule has 0 saturated carbocycles. The summed E-state index contributed by atoms with van der Waals surface area (Å²) in [5, 5.41) is 13.2. The van der Waals surface area contributed by atoms with Crippen LogP contribution in [0.5, 0.6) is 0 Å². The minimum Gasteiger partial charge on any atom is -0.369 e. The molecule has 1 rings (SSSR count). The van der Waals surface area contributed by atoms with Crippen molar-refractivity contribution in [3.63, 3.8) is 0 Å². The van der Waals surface area contributed by atoms with E-state index in [-0.39, 0.29) is 24.3 Å². The lowest BCUT2D eigenvalue weighted by Crippen LogP contribution is -2.20. The highest BCUT2D eigenvalue weighted by atomic mass is 79.9. The molecule has 6 nitrogen and oxygen atoms in total. The van der Waals surface area contributed by atoms with Crippen LogP contribution < -0.4 is 5.32 Å². The predicted molar refractivity (Wildman–Crippen MR) is 70.5 cm³/mol. The van der Waals surface area contributed by atoms with Crippen molar-refractivity contribution in [2.24, 2.45) is 0 Å². The molecular weight excluding hydrogens is 304 g/mol. The number of nitro groups is 1. The van der Waals surface area contributed by atoms with Gasteiger partial charge in [-0.1, -0.05) is 0 Å². The molecule has 0 atom stereocenters. The zero-order valence-corrected chi connectivity index (χ0v) is 11.6. The van der Waals surface area contributed by atoms with Gasteiger partial charge in [0.2, 0.25) is 5.91 Å². The van der Waals surface area contributed by atoms with Crippen LogP contribution >= 0.6 is 15.9 Å². The molecule has 0 fully saturated rings. The fraction of sp³-hybridized carbons (Fsp3) is 0.364. The molecule has 0 aromatic heterocycles. The van der Waals surface area contributed by atoms with Gasteiger partial charge in [-0.25, -0.2) is 0 Å². The Morgan fingerprint density at radius 2 is 2.22 bits per heavy atom. The van der Waals surface area contributed by atoms with Gasteiger partial charge in [0.25, 0.3) is 5.69 Å². The first-order chi connectivity index (χ1) is 8.40. The van der Waals surface area contributed by atoms with E-state index in [0.717, 1.165) is 0 Å². The van der Waals surface area contributed by atoms with E-state index in [1.54, 1.807) is 0 Å². The Morgan fingerprint density at radius 1 is 1.56 bits per heavy atom. The summed E-state index contributed by atoms with van der Waals surface area (Å²) < 4.78 is 5.45. The molecule has 0 heterocycles. The molecule has 0 aliphatic carbocycles. The van der Waals surface area contributed by atoms with E-state index in [2.05, 4.69) is 21.2 Å². The predicted octanol–water partition coefficient (Wildman–Crippen LogP) is 2.72. The maximum Gasteiger partial charge on any atom is 0.283 e. The van der Waals surface area contributed by atoms with Crippen LogP contribution in [-0.4, -0.2) is 23.5 Å². The minimum atomic E-state index is -0.502. The van der Waals surface area contributed by atoms with Crippen LogP contribution in [0, 0.1) is 10.1 Å². The highest BCUT2D eigenvalue weighted by molar-refractivity contribution is 9.10. The third-order valence-corrected chi connectivity index (χ3v) is 2.61. The second-order valence-corrected chi connectivity index (χ2v) is 4.69. The summed E-state index contributed by atoms with van der Waals surface area (Å²) in [5.74, 6) is -0.301. The number of carbonyl (C=O) groups excluding carboxylic acids is 1. The van der Waals surface area contributed by atoms with E-state index in [4.69, 9.17) is 4.74 Å². The standard InChI is InChI=1S/C11H13BrN2O4/c1-7(2)18-6-11(15)13-8-3-4-10(14(16)17)9(12)5-8/h3-5,7H,6H2,1-2H3,(H,13,15). The van der Waals surface area contributed by atoms with Gasteiger partial charge >= 0.3 is 0 Å². The number of ether oxygens (including phenoxy) is 1. The molecule has 1 aromatic carbocycles. The summed E-state index contributed by atoms with van der Waals surface area (Å²) in [5.41, 5.74) is 0.427. The van der Waals surface area contributed by atoms with Gasteiger partial charge in [0, 0.05) is 11.8 Å². The maximum absolute atomic E-state index is 11.5. The molecule has 1 N–H and O–H groups in total. The Bertz CT molecular complexity index is 462. The van der Waals surface area contributed by atoms with Crippen molar-refractivity contribution < 1.29 is 14.5 Å². The Balaban J connectivity index is 2.66. The lowest BCUT2D eigenvalue weighted by Gasteiger charge is -2.08. The summed E-state index contributed by atoms with van der Waals surface area (Å²) in [7, 11) is 0. The van der Waals surface area contributed by atoms with Crippen LogP contribution in [0.3, 0.4) is 0 Å². The van der Waals surface area contributed by atoms with Crippen molar-refractivity contribution in [2.45, 2.75) is 20.0 Å². The molecule has 0 bridgehead atoms. The second kappa shape index (κ2) is 6.46. The average molecular weight is 317 g/mol. The van der Waals surface area contributed by atoms with Gasteiger partial charge in [-0.05, 0) is 41.9 Å². The van der Waals surface area contributed by atoms with E-state index >= 15 is 0 Å². The largest absolute Gasteiger partial charge is 0.369 e. The van der Waals surface area contributed by atoms with Crippen molar-refractivity contribution in [2.75, 3.05) is 11.9 Å². The average Bonchev–Trinajstić information content (AvgIpc) is 2.26. The van der Waals surface area contributed by atoms with Crippen LogP contribution in [-0.2, 0) is 9.53 Å². The normalized spacial score (nSPS) is 10.4. The highest BCUT2D eigenvalue weighted by Crippen LogP contribution is 2.27. The Labute approximate surface area is 113 Å². The van der Waals surface area contributed by atoms with Crippen molar-refractivity contribution in [3.05, 3.63) is 32.8 Å². The van der Waals surface area contributed by atoms with E-state index in [0.29, 0.717) is 10.2 Å².